The molecule has 0 saturated heterocycles. The summed E-state index contributed by atoms with van der Waals surface area (Å²) in [5.74, 6) is 0.0221. The molecular weight excluding hydrogens is 361 g/mol. The molecule has 3 rings (SSSR count). The summed E-state index contributed by atoms with van der Waals surface area (Å²) >= 11 is 2.69. The Hall–Kier alpha value is -1.06. The molecule has 2 N–H and O–H groups in total. The molecule has 1 aromatic rings. The fraction of sp³-hybridized carbons (Fsp3) is 0.600. The van der Waals surface area contributed by atoms with Crippen molar-refractivity contribution < 1.29 is 23.1 Å². The molecule has 0 bridgehead atoms. The lowest BCUT2D eigenvalue weighted by Crippen LogP contribution is -2.52. The van der Waals surface area contributed by atoms with Gasteiger partial charge in [-0.25, -0.2) is 0 Å². The van der Waals surface area contributed by atoms with E-state index in [1.807, 2.05) is 25.5 Å². The fourth-order valence-electron chi connectivity index (χ4n) is 3.11. The Bertz CT molecular complexity index is 740. The summed E-state index contributed by atoms with van der Waals surface area (Å²) in [5, 5.41) is 13.5. The summed E-state index contributed by atoms with van der Waals surface area (Å²) in [6, 6.07) is 0. The van der Waals surface area contributed by atoms with Gasteiger partial charge in [-0.15, -0.1) is 23.1 Å². The second-order valence-corrected chi connectivity index (χ2v) is 8.78. The Morgan fingerprint density at radius 2 is 2.04 bits per heavy atom. The first kappa shape index (κ1) is 17.8. The second kappa shape index (κ2) is 5.47. The summed E-state index contributed by atoms with van der Waals surface area (Å²) in [6.45, 7) is 3.97. The van der Waals surface area contributed by atoms with E-state index < -0.39 is 18.3 Å². The zero-order valence-corrected chi connectivity index (χ0v) is 15.0. The molecule has 1 atom stereocenters. The molecule has 4 nitrogen and oxygen atoms in total. The number of nitrogens with one attached hydrogen (secondary N) is 1. The van der Waals surface area contributed by atoms with E-state index in [0.717, 1.165) is 9.77 Å². The van der Waals surface area contributed by atoms with Crippen molar-refractivity contribution in [3.63, 3.8) is 0 Å². The van der Waals surface area contributed by atoms with Crippen LogP contribution in [0.15, 0.2) is 9.31 Å². The number of alkyl halides is 3. The van der Waals surface area contributed by atoms with Crippen LogP contribution in [0.25, 0.3) is 0 Å². The minimum absolute atomic E-state index is 0.0221. The highest BCUT2D eigenvalue weighted by Gasteiger charge is 2.58. The van der Waals surface area contributed by atoms with Crippen molar-refractivity contribution in [1.82, 2.24) is 5.43 Å². The van der Waals surface area contributed by atoms with Crippen LogP contribution in [0.4, 0.5) is 13.2 Å². The van der Waals surface area contributed by atoms with Crippen LogP contribution < -0.4 is 5.43 Å². The SMILES string of the molecule is CSc1sc(C2=NNC(O)(C(F)(F)F)C2)c2c1C(=O)CCC2(C)C. The molecule has 0 fully saturated rings. The fourth-order valence-corrected chi connectivity index (χ4v) is 5.33. The van der Waals surface area contributed by atoms with Gasteiger partial charge in [0.15, 0.2) is 5.78 Å². The van der Waals surface area contributed by atoms with Gasteiger partial charge in [-0.2, -0.15) is 18.3 Å². The van der Waals surface area contributed by atoms with Gasteiger partial charge in [-0.05, 0) is 23.7 Å². The van der Waals surface area contributed by atoms with Gasteiger partial charge in [0.25, 0.3) is 5.72 Å². The van der Waals surface area contributed by atoms with Crippen molar-refractivity contribution in [3.8, 4) is 0 Å². The average molecular weight is 378 g/mol. The molecule has 24 heavy (non-hydrogen) atoms. The molecule has 0 aromatic carbocycles. The van der Waals surface area contributed by atoms with Crippen LogP contribution in [0.2, 0.25) is 0 Å². The normalized spacial score (nSPS) is 26.1. The van der Waals surface area contributed by atoms with Gasteiger partial charge in [0.05, 0.1) is 21.2 Å². The minimum atomic E-state index is -4.83. The quantitative estimate of drug-likeness (QED) is 0.771. The van der Waals surface area contributed by atoms with Crippen LogP contribution in [0.1, 0.15) is 53.9 Å². The van der Waals surface area contributed by atoms with Crippen LogP contribution in [-0.4, -0.2) is 34.8 Å². The number of aliphatic hydroxyl groups is 1. The van der Waals surface area contributed by atoms with Crippen LogP contribution in [0.5, 0.6) is 0 Å². The Morgan fingerprint density at radius 1 is 1.38 bits per heavy atom. The highest BCUT2D eigenvalue weighted by molar-refractivity contribution is 8.00. The van der Waals surface area contributed by atoms with Gasteiger partial charge in [-0.3, -0.25) is 10.2 Å². The van der Waals surface area contributed by atoms with Crippen LogP contribution in [-0.2, 0) is 5.41 Å². The standard InChI is InChI=1S/C15H17F3N2O2S2/c1-13(2)5-4-8(21)9-10(13)11(24-12(9)23-3)7-6-14(22,20-19-7)15(16,17)18/h20,22H,4-6H2,1-3H3. The Kier molecular flexibility index (Phi) is 4.05. The van der Waals surface area contributed by atoms with E-state index in [1.165, 1.54) is 23.1 Å². The number of fused-ring (bicyclic) bond motifs is 1. The smallest absolute Gasteiger partial charge is 0.362 e. The van der Waals surface area contributed by atoms with Gasteiger partial charge in [0.1, 0.15) is 0 Å². The van der Waals surface area contributed by atoms with Gasteiger partial charge >= 0.3 is 6.18 Å². The molecular formula is C15H17F3N2O2S2. The number of Topliss-reactive ketones (excluding diaryl/α,β-unsaturated/α-hetero) is 1. The van der Waals surface area contributed by atoms with Gasteiger partial charge in [0.2, 0.25) is 0 Å². The lowest BCUT2D eigenvalue weighted by atomic mass is 9.72. The molecule has 2 heterocycles. The highest BCUT2D eigenvalue weighted by Crippen LogP contribution is 2.48. The first-order valence-electron chi connectivity index (χ1n) is 7.38. The number of hydrogen-bond donors (Lipinski definition) is 2. The van der Waals surface area contributed by atoms with Gasteiger partial charge in [-0.1, -0.05) is 13.8 Å². The zero-order chi connectivity index (χ0) is 17.9. The predicted molar refractivity (Wildman–Crippen MR) is 88.0 cm³/mol. The molecule has 1 aliphatic heterocycles. The summed E-state index contributed by atoms with van der Waals surface area (Å²) in [7, 11) is 0. The maximum Gasteiger partial charge on any atom is 0.438 e. The zero-order valence-electron chi connectivity index (χ0n) is 13.4. The number of nitrogens with zero attached hydrogens (tertiary/aromatic N) is 1. The second-order valence-electron chi connectivity index (χ2n) is 6.68. The number of carbonyl (C=O) groups is 1. The molecule has 132 valence electrons. The van der Waals surface area contributed by atoms with Gasteiger partial charge in [0, 0.05) is 12.0 Å². The molecule has 0 spiro atoms. The topological polar surface area (TPSA) is 61.7 Å². The summed E-state index contributed by atoms with van der Waals surface area (Å²) in [4.78, 5) is 12.9. The van der Waals surface area contributed by atoms with Crippen molar-refractivity contribution in [2.75, 3.05) is 6.26 Å². The molecule has 1 aliphatic carbocycles. The largest absolute Gasteiger partial charge is 0.438 e. The first-order valence-corrected chi connectivity index (χ1v) is 9.42. The number of hydrogen-bond acceptors (Lipinski definition) is 6. The van der Waals surface area contributed by atoms with Crippen LogP contribution >= 0.6 is 23.1 Å². The van der Waals surface area contributed by atoms with Crippen LogP contribution in [0.3, 0.4) is 0 Å². The summed E-state index contributed by atoms with van der Waals surface area (Å²) in [6.07, 6.45) is -2.59. The third-order valence-electron chi connectivity index (χ3n) is 4.52. The lowest BCUT2D eigenvalue weighted by molar-refractivity contribution is -0.266. The van der Waals surface area contributed by atoms with Crippen molar-refractivity contribution >= 4 is 34.6 Å². The van der Waals surface area contributed by atoms with Crippen molar-refractivity contribution in [1.29, 1.82) is 0 Å². The van der Waals surface area contributed by atoms with Crippen LogP contribution in [0, 0.1) is 0 Å². The number of hydrazone groups is 1. The lowest BCUT2D eigenvalue weighted by Gasteiger charge is -2.31. The third kappa shape index (κ3) is 2.57. The number of rotatable bonds is 2. The molecule has 0 saturated carbocycles. The Morgan fingerprint density at radius 3 is 2.58 bits per heavy atom. The highest BCUT2D eigenvalue weighted by atomic mass is 32.2. The van der Waals surface area contributed by atoms with Gasteiger partial charge < -0.3 is 5.11 Å². The first-order chi connectivity index (χ1) is 11.0. The molecule has 9 heteroatoms. The van der Waals surface area contributed by atoms with Crippen molar-refractivity contribution in [2.45, 2.75) is 54.6 Å². The van der Waals surface area contributed by atoms with E-state index in [4.69, 9.17) is 0 Å². The van der Waals surface area contributed by atoms with Crippen molar-refractivity contribution in [3.05, 3.63) is 16.0 Å². The molecule has 1 unspecified atom stereocenters. The number of halogens is 3. The molecule has 0 radical (unpaired) electrons. The molecule has 1 aromatic heterocycles. The van der Waals surface area contributed by atoms with E-state index in [2.05, 4.69) is 5.10 Å². The van der Waals surface area contributed by atoms with Crippen molar-refractivity contribution in [2.24, 2.45) is 5.10 Å². The number of ketones is 1. The summed E-state index contributed by atoms with van der Waals surface area (Å²) < 4.78 is 39.8. The number of carbonyl (C=O) groups excluding carboxylic acids is 1. The Balaban J connectivity index is 2.10. The van der Waals surface area contributed by atoms with E-state index in [1.54, 1.807) is 0 Å². The maximum absolute atomic E-state index is 13.0. The van der Waals surface area contributed by atoms with E-state index in [9.17, 15) is 23.1 Å². The number of thioether (sulfide) groups is 1. The van der Waals surface area contributed by atoms with E-state index in [0.29, 0.717) is 23.3 Å². The molecule has 2 aliphatic rings. The maximum atomic E-state index is 13.0. The third-order valence-corrected chi connectivity index (χ3v) is 6.88. The predicted octanol–water partition coefficient (Wildman–Crippen LogP) is 3.67. The van der Waals surface area contributed by atoms with E-state index in [-0.39, 0.29) is 16.9 Å². The average Bonchev–Trinajstić information content (AvgIpc) is 3.05. The Labute approximate surface area is 145 Å². The minimum Gasteiger partial charge on any atom is -0.362 e. The monoisotopic (exact) mass is 378 g/mol. The number of thiophene rings is 1. The van der Waals surface area contributed by atoms with E-state index >= 15 is 0 Å². The summed E-state index contributed by atoms with van der Waals surface area (Å²) in [5.41, 5.74) is -0.0246. The molecule has 0 amide bonds.